The lowest BCUT2D eigenvalue weighted by Crippen LogP contribution is -2.28. The summed E-state index contributed by atoms with van der Waals surface area (Å²) in [6, 6.07) is 7.09. The molecule has 0 saturated heterocycles. The molecule has 0 spiro atoms. The van der Waals surface area contributed by atoms with E-state index in [9.17, 15) is 0 Å². The van der Waals surface area contributed by atoms with Crippen LogP contribution in [0.3, 0.4) is 0 Å². The molecule has 6 N–H and O–H groups in total. The van der Waals surface area contributed by atoms with Crippen molar-refractivity contribution in [3.63, 3.8) is 0 Å². The fourth-order valence-electron chi connectivity index (χ4n) is 1.00. The van der Waals surface area contributed by atoms with Gasteiger partial charge in [0.05, 0.1) is 6.21 Å². The quantitative estimate of drug-likeness (QED) is 0.328. The van der Waals surface area contributed by atoms with E-state index in [2.05, 4.69) is 5.10 Å². The van der Waals surface area contributed by atoms with Gasteiger partial charge in [-0.15, -0.1) is 0 Å². The van der Waals surface area contributed by atoms with E-state index >= 15 is 0 Å². The van der Waals surface area contributed by atoms with Crippen LogP contribution in [-0.4, -0.2) is 30.1 Å². The number of nitrogen functional groups attached to an aromatic ring is 1. The SMILES string of the molecule is CN(/N=C/c1cccc(C(=N)N)c1)C(=N)N. The summed E-state index contributed by atoms with van der Waals surface area (Å²) >= 11 is 0. The van der Waals surface area contributed by atoms with E-state index in [1.165, 1.54) is 5.01 Å². The molecule has 0 bridgehead atoms. The van der Waals surface area contributed by atoms with Gasteiger partial charge in [-0.3, -0.25) is 10.8 Å². The molecule has 0 radical (unpaired) electrons. The minimum Gasteiger partial charge on any atom is -0.384 e. The van der Waals surface area contributed by atoms with Crippen molar-refractivity contribution in [3.05, 3.63) is 35.4 Å². The first-order valence-electron chi connectivity index (χ1n) is 4.57. The molecule has 84 valence electrons. The normalized spacial score (nSPS) is 10.3. The number of hydrogen-bond acceptors (Lipinski definition) is 3. The van der Waals surface area contributed by atoms with Crippen molar-refractivity contribution in [2.24, 2.45) is 16.6 Å². The van der Waals surface area contributed by atoms with Crippen molar-refractivity contribution >= 4 is 18.0 Å². The largest absolute Gasteiger partial charge is 0.384 e. The number of hydrogen-bond donors (Lipinski definition) is 4. The number of amidine groups is 1. The van der Waals surface area contributed by atoms with E-state index in [0.717, 1.165) is 5.56 Å². The highest BCUT2D eigenvalue weighted by Gasteiger charge is 1.97. The summed E-state index contributed by atoms with van der Waals surface area (Å²) in [6.45, 7) is 0. The molecule has 16 heavy (non-hydrogen) atoms. The Balaban J connectivity index is 2.85. The first-order valence-corrected chi connectivity index (χ1v) is 4.57. The van der Waals surface area contributed by atoms with Crippen molar-refractivity contribution in [1.29, 1.82) is 10.8 Å². The van der Waals surface area contributed by atoms with Crippen LogP contribution in [0.15, 0.2) is 29.4 Å². The van der Waals surface area contributed by atoms with E-state index in [0.29, 0.717) is 5.56 Å². The minimum atomic E-state index is -0.140. The van der Waals surface area contributed by atoms with E-state index < -0.39 is 0 Å². The Labute approximate surface area is 93.6 Å². The second-order valence-electron chi connectivity index (χ2n) is 3.19. The highest BCUT2D eigenvalue weighted by atomic mass is 15.5. The summed E-state index contributed by atoms with van der Waals surface area (Å²) in [6.07, 6.45) is 1.55. The molecule has 0 aliphatic rings. The van der Waals surface area contributed by atoms with Crippen LogP contribution in [0.25, 0.3) is 0 Å². The standard InChI is InChI=1S/C10H14N6/c1-16(10(13)14)15-6-7-3-2-4-8(5-7)9(11)12/h2-6H,1H3,(H3,11,12)(H3,13,14)/b15-6+. The van der Waals surface area contributed by atoms with Crippen LogP contribution >= 0.6 is 0 Å². The first-order chi connectivity index (χ1) is 7.50. The zero-order chi connectivity index (χ0) is 12.1. The topological polar surface area (TPSA) is 115 Å². The van der Waals surface area contributed by atoms with Crippen LogP contribution in [-0.2, 0) is 0 Å². The summed E-state index contributed by atoms with van der Waals surface area (Å²) in [5.41, 5.74) is 12.0. The van der Waals surface area contributed by atoms with Gasteiger partial charge in [0.15, 0.2) is 0 Å². The van der Waals surface area contributed by atoms with Crippen LogP contribution in [0.5, 0.6) is 0 Å². The molecule has 0 aliphatic carbocycles. The lowest BCUT2D eigenvalue weighted by atomic mass is 10.1. The highest BCUT2D eigenvalue weighted by molar-refractivity contribution is 5.96. The summed E-state index contributed by atoms with van der Waals surface area (Å²) < 4.78 is 0. The fraction of sp³-hybridized carbons (Fsp3) is 0.100. The van der Waals surface area contributed by atoms with Gasteiger partial charge >= 0.3 is 0 Å². The van der Waals surface area contributed by atoms with E-state index in [-0.39, 0.29) is 11.8 Å². The molecule has 1 aromatic carbocycles. The summed E-state index contributed by atoms with van der Waals surface area (Å²) in [7, 11) is 1.58. The highest BCUT2D eigenvalue weighted by Crippen LogP contribution is 2.02. The Hall–Kier alpha value is -2.37. The molecule has 0 heterocycles. The average molecular weight is 218 g/mol. The molecule has 6 heteroatoms. The molecule has 0 aromatic heterocycles. The van der Waals surface area contributed by atoms with Gasteiger partial charge in [-0.1, -0.05) is 18.2 Å². The number of hydrazone groups is 1. The Kier molecular flexibility index (Phi) is 3.60. The molecule has 1 aromatic rings. The third kappa shape index (κ3) is 3.09. The van der Waals surface area contributed by atoms with Gasteiger partial charge < -0.3 is 11.5 Å². The lowest BCUT2D eigenvalue weighted by molar-refractivity contribution is 0.536. The molecule has 0 fully saturated rings. The van der Waals surface area contributed by atoms with Gasteiger partial charge in [-0.25, -0.2) is 5.01 Å². The van der Waals surface area contributed by atoms with Crippen LogP contribution in [0, 0.1) is 10.8 Å². The van der Waals surface area contributed by atoms with Gasteiger partial charge in [0.1, 0.15) is 5.84 Å². The van der Waals surface area contributed by atoms with Crippen molar-refractivity contribution in [3.8, 4) is 0 Å². The van der Waals surface area contributed by atoms with Crippen LogP contribution in [0.4, 0.5) is 0 Å². The van der Waals surface area contributed by atoms with Gasteiger partial charge in [-0.05, 0) is 11.6 Å². The Morgan fingerprint density at radius 3 is 2.62 bits per heavy atom. The Morgan fingerprint density at radius 2 is 2.06 bits per heavy atom. The van der Waals surface area contributed by atoms with Gasteiger partial charge in [-0.2, -0.15) is 5.10 Å². The Morgan fingerprint density at radius 1 is 1.38 bits per heavy atom. The maximum Gasteiger partial charge on any atom is 0.208 e. The number of nitrogens with one attached hydrogen (secondary N) is 2. The molecule has 0 amide bonds. The molecule has 1 rings (SSSR count). The fourth-order valence-corrected chi connectivity index (χ4v) is 1.00. The maximum atomic E-state index is 7.29. The second-order valence-corrected chi connectivity index (χ2v) is 3.19. The molecule has 6 nitrogen and oxygen atoms in total. The number of nitrogens with zero attached hydrogens (tertiary/aromatic N) is 2. The van der Waals surface area contributed by atoms with Gasteiger partial charge in [0.25, 0.3) is 0 Å². The number of nitrogens with two attached hydrogens (primary N) is 2. The molecule has 0 unspecified atom stereocenters. The average Bonchev–Trinajstić information content (AvgIpc) is 2.26. The molecule has 0 saturated carbocycles. The number of rotatable bonds is 3. The van der Waals surface area contributed by atoms with E-state index in [4.69, 9.17) is 22.3 Å². The molecule has 0 atom stereocenters. The van der Waals surface area contributed by atoms with Gasteiger partial charge in [0, 0.05) is 12.6 Å². The summed E-state index contributed by atoms with van der Waals surface area (Å²) in [5.74, 6) is -0.130. The smallest absolute Gasteiger partial charge is 0.208 e. The van der Waals surface area contributed by atoms with E-state index in [1.54, 1.807) is 31.5 Å². The summed E-state index contributed by atoms with van der Waals surface area (Å²) in [4.78, 5) is 0. The summed E-state index contributed by atoms with van der Waals surface area (Å²) in [5, 5.41) is 19.6. The molecule has 0 aliphatic heterocycles. The van der Waals surface area contributed by atoms with Crippen molar-refractivity contribution in [2.45, 2.75) is 0 Å². The second kappa shape index (κ2) is 4.92. The van der Waals surface area contributed by atoms with Crippen LogP contribution in [0.1, 0.15) is 11.1 Å². The monoisotopic (exact) mass is 218 g/mol. The maximum absolute atomic E-state index is 7.29. The van der Waals surface area contributed by atoms with Crippen LogP contribution in [0.2, 0.25) is 0 Å². The Bertz CT molecular complexity index is 437. The minimum absolute atomic E-state index is 0.00942. The zero-order valence-electron chi connectivity index (χ0n) is 8.94. The lowest BCUT2D eigenvalue weighted by Gasteiger charge is -2.08. The predicted molar refractivity (Wildman–Crippen MR) is 64.7 cm³/mol. The predicted octanol–water partition coefficient (Wildman–Crippen LogP) is 0.130. The molecular weight excluding hydrogens is 204 g/mol. The van der Waals surface area contributed by atoms with E-state index in [1.807, 2.05) is 6.07 Å². The van der Waals surface area contributed by atoms with Gasteiger partial charge in [0.2, 0.25) is 5.96 Å². The van der Waals surface area contributed by atoms with Crippen molar-refractivity contribution in [2.75, 3.05) is 7.05 Å². The number of benzene rings is 1. The third-order valence-corrected chi connectivity index (χ3v) is 1.93. The number of guanidine groups is 1. The van der Waals surface area contributed by atoms with Crippen LogP contribution < -0.4 is 11.5 Å². The first kappa shape index (κ1) is 11.7. The third-order valence-electron chi connectivity index (χ3n) is 1.93. The van der Waals surface area contributed by atoms with Crippen molar-refractivity contribution in [1.82, 2.24) is 5.01 Å². The van der Waals surface area contributed by atoms with Crippen molar-refractivity contribution < 1.29 is 0 Å². The zero-order valence-corrected chi connectivity index (χ0v) is 8.94. The molecular formula is C10H14N6.